The van der Waals surface area contributed by atoms with Gasteiger partial charge in [0.05, 0.1) is 12.7 Å². The molecule has 72 valence electrons. The van der Waals surface area contributed by atoms with Gasteiger partial charge >= 0.3 is 0 Å². The number of rotatable bonds is 3. The van der Waals surface area contributed by atoms with Crippen LogP contribution in [-0.4, -0.2) is 26.4 Å². The molecular weight excluding hydrogens is 152 g/mol. The second-order valence-corrected chi connectivity index (χ2v) is 3.69. The third kappa shape index (κ3) is 2.20. The molecule has 3 atom stereocenters. The Kier molecular flexibility index (Phi) is 4.02. The molecule has 0 aromatic carbocycles. The molecule has 0 saturated carbocycles. The predicted molar refractivity (Wildman–Crippen MR) is 49.2 cm³/mol. The van der Waals surface area contributed by atoms with Crippen LogP contribution in [0.1, 0.15) is 26.7 Å². The van der Waals surface area contributed by atoms with Gasteiger partial charge in [-0.05, 0) is 18.3 Å². The molecule has 0 aromatic heterocycles. The molecule has 1 saturated heterocycles. The quantitative estimate of drug-likeness (QED) is 0.649. The topological polar surface area (TPSA) is 18.5 Å². The predicted octanol–water partition coefficient (Wildman–Crippen LogP) is 2.08. The summed E-state index contributed by atoms with van der Waals surface area (Å²) >= 11 is 0. The summed E-state index contributed by atoms with van der Waals surface area (Å²) < 4.78 is 10.8. The zero-order valence-electron chi connectivity index (χ0n) is 8.38. The second kappa shape index (κ2) is 4.83. The lowest BCUT2D eigenvalue weighted by atomic mass is 9.84. The van der Waals surface area contributed by atoms with E-state index in [1.165, 1.54) is 6.42 Å². The summed E-state index contributed by atoms with van der Waals surface area (Å²) in [5, 5.41) is 0. The first-order valence-electron chi connectivity index (χ1n) is 4.90. The van der Waals surface area contributed by atoms with Crippen molar-refractivity contribution in [3.05, 3.63) is 0 Å². The molecule has 2 nitrogen and oxygen atoms in total. The summed E-state index contributed by atoms with van der Waals surface area (Å²) in [6.07, 6.45) is 2.73. The van der Waals surface area contributed by atoms with Gasteiger partial charge in [-0.15, -0.1) is 0 Å². The van der Waals surface area contributed by atoms with E-state index >= 15 is 0 Å². The standard InChI is InChI=1S/C10H20O2/c1-4-8(2)9-5-6-12-7-10(9)11-3/h8-10H,4-7H2,1-3H3/t8?,9-,10-/m0/s1. The van der Waals surface area contributed by atoms with Crippen molar-refractivity contribution in [3.8, 4) is 0 Å². The summed E-state index contributed by atoms with van der Waals surface area (Å²) in [5.41, 5.74) is 0. The van der Waals surface area contributed by atoms with E-state index < -0.39 is 0 Å². The smallest absolute Gasteiger partial charge is 0.0836 e. The Labute approximate surface area is 75.2 Å². The number of methoxy groups -OCH3 is 1. The largest absolute Gasteiger partial charge is 0.379 e. The number of hydrogen-bond acceptors (Lipinski definition) is 2. The summed E-state index contributed by atoms with van der Waals surface area (Å²) in [5.74, 6) is 1.47. The average molecular weight is 172 g/mol. The summed E-state index contributed by atoms with van der Waals surface area (Å²) in [7, 11) is 1.79. The SMILES string of the molecule is CCC(C)[C@@H]1CCOC[C@@H]1OC. The molecule has 1 aliphatic heterocycles. The fourth-order valence-electron chi connectivity index (χ4n) is 1.92. The van der Waals surface area contributed by atoms with Gasteiger partial charge in [-0.25, -0.2) is 0 Å². The summed E-state index contributed by atoms with van der Waals surface area (Å²) in [6, 6.07) is 0. The molecular formula is C10H20O2. The summed E-state index contributed by atoms with van der Waals surface area (Å²) in [6.45, 7) is 6.25. The lowest BCUT2D eigenvalue weighted by molar-refractivity contribution is -0.0799. The van der Waals surface area contributed by atoms with Gasteiger partial charge in [0.1, 0.15) is 0 Å². The number of hydrogen-bond donors (Lipinski definition) is 0. The van der Waals surface area contributed by atoms with Crippen LogP contribution in [0.2, 0.25) is 0 Å². The van der Waals surface area contributed by atoms with Crippen molar-refractivity contribution in [2.24, 2.45) is 11.8 Å². The Bertz CT molecular complexity index is 125. The molecule has 0 radical (unpaired) electrons. The molecule has 1 rings (SSSR count). The van der Waals surface area contributed by atoms with Gasteiger partial charge in [0, 0.05) is 13.7 Å². The zero-order valence-corrected chi connectivity index (χ0v) is 8.38. The Hall–Kier alpha value is -0.0800. The van der Waals surface area contributed by atoms with Crippen molar-refractivity contribution in [1.82, 2.24) is 0 Å². The first-order valence-corrected chi connectivity index (χ1v) is 4.90. The third-order valence-electron chi connectivity index (χ3n) is 3.03. The molecule has 2 heteroatoms. The molecule has 0 aromatic rings. The zero-order chi connectivity index (χ0) is 8.97. The van der Waals surface area contributed by atoms with Gasteiger partial charge < -0.3 is 9.47 Å². The number of ether oxygens (including phenoxy) is 2. The van der Waals surface area contributed by atoms with Crippen LogP contribution >= 0.6 is 0 Å². The molecule has 0 bridgehead atoms. The van der Waals surface area contributed by atoms with Crippen LogP contribution in [-0.2, 0) is 9.47 Å². The van der Waals surface area contributed by atoms with Crippen LogP contribution in [0, 0.1) is 11.8 Å². The van der Waals surface area contributed by atoms with Crippen LogP contribution < -0.4 is 0 Å². The average Bonchev–Trinajstić information content (AvgIpc) is 2.16. The van der Waals surface area contributed by atoms with Crippen molar-refractivity contribution in [2.75, 3.05) is 20.3 Å². The molecule has 0 spiro atoms. The van der Waals surface area contributed by atoms with E-state index in [4.69, 9.17) is 9.47 Å². The lowest BCUT2D eigenvalue weighted by Gasteiger charge is -2.34. The van der Waals surface area contributed by atoms with Crippen LogP contribution in [0.4, 0.5) is 0 Å². The molecule has 0 aliphatic carbocycles. The van der Waals surface area contributed by atoms with E-state index in [2.05, 4.69) is 13.8 Å². The maximum Gasteiger partial charge on any atom is 0.0836 e. The molecule has 12 heavy (non-hydrogen) atoms. The summed E-state index contributed by atoms with van der Waals surface area (Å²) in [4.78, 5) is 0. The van der Waals surface area contributed by atoms with Crippen molar-refractivity contribution in [2.45, 2.75) is 32.8 Å². The van der Waals surface area contributed by atoms with Crippen LogP contribution in [0.5, 0.6) is 0 Å². The van der Waals surface area contributed by atoms with E-state index in [-0.39, 0.29) is 0 Å². The van der Waals surface area contributed by atoms with Crippen molar-refractivity contribution in [1.29, 1.82) is 0 Å². The van der Waals surface area contributed by atoms with Gasteiger partial charge in [0.2, 0.25) is 0 Å². The molecule has 0 N–H and O–H groups in total. The first-order chi connectivity index (χ1) is 5.79. The highest BCUT2D eigenvalue weighted by Gasteiger charge is 2.28. The molecule has 1 aliphatic rings. The van der Waals surface area contributed by atoms with Crippen LogP contribution in [0.3, 0.4) is 0 Å². The lowest BCUT2D eigenvalue weighted by Crippen LogP contribution is -2.37. The van der Waals surface area contributed by atoms with Crippen LogP contribution in [0.25, 0.3) is 0 Å². The van der Waals surface area contributed by atoms with Crippen molar-refractivity contribution < 1.29 is 9.47 Å². The minimum atomic E-state index is 0.327. The Balaban J connectivity index is 2.46. The molecule has 1 fully saturated rings. The van der Waals surface area contributed by atoms with Gasteiger partial charge in [-0.1, -0.05) is 20.3 Å². The minimum absolute atomic E-state index is 0.327. The highest BCUT2D eigenvalue weighted by atomic mass is 16.5. The Morgan fingerprint density at radius 1 is 1.58 bits per heavy atom. The van der Waals surface area contributed by atoms with Crippen molar-refractivity contribution in [3.63, 3.8) is 0 Å². The molecule has 1 unspecified atom stereocenters. The van der Waals surface area contributed by atoms with Gasteiger partial charge in [-0.3, -0.25) is 0 Å². The normalized spacial score (nSPS) is 33.2. The maximum atomic E-state index is 5.40. The molecule has 1 heterocycles. The van der Waals surface area contributed by atoms with Gasteiger partial charge in [-0.2, -0.15) is 0 Å². The fourth-order valence-corrected chi connectivity index (χ4v) is 1.92. The Morgan fingerprint density at radius 2 is 2.33 bits per heavy atom. The van der Waals surface area contributed by atoms with E-state index in [1.807, 2.05) is 0 Å². The van der Waals surface area contributed by atoms with E-state index in [9.17, 15) is 0 Å². The van der Waals surface area contributed by atoms with E-state index in [1.54, 1.807) is 7.11 Å². The highest BCUT2D eigenvalue weighted by molar-refractivity contribution is 4.77. The fraction of sp³-hybridized carbons (Fsp3) is 1.00. The second-order valence-electron chi connectivity index (χ2n) is 3.69. The monoisotopic (exact) mass is 172 g/mol. The van der Waals surface area contributed by atoms with E-state index in [0.717, 1.165) is 25.6 Å². The minimum Gasteiger partial charge on any atom is -0.379 e. The van der Waals surface area contributed by atoms with Gasteiger partial charge in [0.15, 0.2) is 0 Å². The molecule has 0 amide bonds. The first kappa shape index (κ1) is 10.0. The Morgan fingerprint density at radius 3 is 2.92 bits per heavy atom. The highest BCUT2D eigenvalue weighted by Crippen LogP contribution is 2.27. The van der Waals surface area contributed by atoms with Gasteiger partial charge in [0.25, 0.3) is 0 Å². The van der Waals surface area contributed by atoms with Crippen LogP contribution in [0.15, 0.2) is 0 Å². The maximum absolute atomic E-state index is 5.40. The third-order valence-corrected chi connectivity index (χ3v) is 3.03. The van der Waals surface area contributed by atoms with Crippen molar-refractivity contribution >= 4 is 0 Å². The van der Waals surface area contributed by atoms with E-state index in [0.29, 0.717) is 12.0 Å².